The number of carbonyl (C=O) groups excluding carboxylic acids is 1. The number of anilines is 1. The Morgan fingerprint density at radius 1 is 1.10 bits per heavy atom. The first kappa shape index (κ1) is 22.2. The van der Waals surface area contributed by atoms with E-state index in [0.29, 0.717) is 23.8 Å². The van der Waals surface area contributed by atoms with Gasteiger partial charge in [0.05, 0.1) is 0 Å². The van der Waals surface area contributed by atoms with Crippen molar-refractivity contribution in [3.8, 4) is 0 Å². The van der Waals surface area contributed by atoms with Gasteiger partial charge in [0.2, 0.25) is 0 Å². The maximum atomic E-state index is 12.6. The van der Waals surface area contributed by atoms with Crippen molar-refractivity contribution in [2.24, 2.45) is 11.8 Å². The highest BCUT2D eigenvalue weighted by molar-refractivity contribution is 5.83. The molecular weight excluding hydrogens is 360 g/mol. The van der Waals surface area contributed by atoms with Crippen molar-refractivity contribution in [2.45, 2.75) is 90.6 Å². The number of ketones is 1. The third-order valence-electron chi connectivity index (χ3n) is 7.29. The van der Waals surface area contributed by atoms with Gasteiger partial charge in [-0.25, -0.2) is 9.97 Å². The second kappa shape index (κ2) is 10.0. The zero-order valence-electron chi connectivity index (χ0n) is 19.1. The van der Waals surface area contributed by atoms with E-state index in [9.17, 15) is 4.79 Å². The van der Waals surface area contributed by atoms with Crippen molar-refractivity contribution in [3.05, 3.63) is 18.1 Å². The number of piperazine rings is 1. The monoisotopic (exact) mass is 400 g/mol. The predicted molar refractivity (Wildman–Crippen MR) is 119 cm³/mol. The standard InChI is InChI=1S/C24H40N4O/c1-6-17(4)23(29)18-9-11-19(12-10-18)24-25-14-13-22(26-24)28-20(7-2)15-27(5)16-21(28)8-3/h13-14,17-21H,6-12,15-16H2,1-5H3/t17?,18-,19-,20?,21?. The summed E-state index contributed by atoms with van der Waals surface area (Å²) in [5.74, 6) is 3.39. The minimum Gasteiger partial charge on any atom is -0.348 e. The number of hydrogen-bond acceptors (Lipinski definition) is 5. The van der Waals surface area contributed by atoms with Gasteiger partial charge in [0.15, 0.2) is 0 Å². The Morgan fingerprint density at radius 2 is 1.72 bits per heavy atom. The lowest BCUT2D eigenvalue weighted by atomic mass is 9.77. The Balaban J connectivity index is 1.72. The van der Waals surface area contributed by atoms with Gasteiger partial charge in [0, 0.05) is 49.1 Å². The number of hydrogen-bond donors (Lipinski definition) is 0. The van der Waals surface area contributed by atoms with E-state index in [1.54, 1.807) is 0 Å². The minimum atomic E-state index is 0.199. The van der Waals surface area contributed by atoms with Crippen molar-refractivity contribution in [1.29, 1.82) is 0 Å². The summed E-state index contributed by atoms with van der Waals surface area (Å²) in [6.07, 6.45) is 9.21. The summed E-state index contributed by atoms with van der Waals surface area (Å²) in [6, 6.07) is 3.11. The fourth-order valence-corrected chi connectivity index (χ4v) is 5.24. The maximum Gasteiger partial charge on any atom is 0.138 e. The van der Waals surface area contributed by atoms with Gasteiger partial charge < -0.3 is 9.80 Å². The molecule has 3 unspecified atom stereocenters. The van der Waals surface area contributed by atoms with E-state index in [2.05, 4.69) is 55.6 Å². The van der Waals surface area contributed by atoms with Crippen LogP contribution in [0.4, 0.5) is 5.82 Å². The van der Waals surface area contributed by atoms with Crippen LogP contribution in [0.5, 0.6) is 0 Å². The van der Waals surface area contributed by atoms with Gasteiger partial charge in [0.25, 0.3) is 0 Å². The maximum absolute atomic E-state index is 12.6. The van der Waals surface area contributed by atoms with E-state index in [1.165, 1.54) is 0 Å². The number of likely N-dealkylation sites (N-methyl/N-ethyl adjacent to an activating group) is 1. The molecule has 2 aliphatic rings. The molecule has 0 aromatic carbocycles. The fourth-order valence-electron chi connectivity index (χ4n) is 5.24. The van der Waals surface area contributed by atoms with Crippen LogP contribution in [0.1, 0.15) is 84.4 Å². The largest absolute Gasteiger partial charge is 0.348 e. The first-order chi connectivity index (χ1) is 14.0. The van der Waals surface area contributed by atoms with Gasteiger partial charge in [-0.2, -0.15) is 0 Å². The summed E-state index contributed by atoms with van der Waals surface area (Å²) in [5, 5.41) is 0. The topological polar surface area (TPSA) is 49.3 Å². The lowest BCUT2D eigenvalue weighted by Gasteiger charge is -2.46. The number of Topliss-reactive ketones (excluding diaryl/α,β-unsaturated/α-hetero) is 1. The van der Waals surface area contributed by atoms with Crippen LogP contribution in [0.2, 0.25) is 0 Å². The molecule has 0 spiro atoms. The molecule has 162 valence electrons. The summed E-state index contributed by atoms with van der Waals surface area (Å²) in [6.45, 7) is 10.9. The van der Waals surface area contributed by atoms with Gasteiger partial charge in [-0.05, 0) is 58.1 Å². The van der Waals surface area contributed by atoms with Crippen LogP contribution >= 0.6 is 0 Å². The average molecular weight is 401 g/mol. The molecule has 1 saturated heterocycles. The number of aromatic nitrogens is 2. The van der Waals surface area contributed by atoms with Crippen LogP contribution in [0.15, 0.2) is 12.3 Å². The molecule has 0 N–H and O–H groups in total. The van der Waals surface area contributed by atoms with Crippen molar-refractivity contribution in [3.63, 3.8) is 0 Å². The smallest absolute Gasteiger partial charge is 0.138 e. The Bertz CT molecular complexity index is 657. The zero-order chi connectivity index (χ0) is 21.0. The molecule has 29 heavy (non-hydrogen) atoms. The number of carbonyl (C=O) groups is 1. The van der Waals surface area contributed by atoms with Crippen LogP contribution in [-0.2, 0) is 4.79 Å². The van der Waals surface area contributed by atoms with E-state index in [-0.39, 0.29) is 11.8 Å². The first-order valence-electron chi connectivity index (χ1n) is 11.8. The molecule has 0 radical (unpaired) electrons. The zero-order valence-corrected chi connectivity index (χ0v) is 19.1. The van der Waals surface area contributed by atoms with Crippen LogP contribution in [0, 0.1) is 11.8 Å². The van der Waals surface area contributed by atoms with E-state index in [4.69, 9.17) is 4.98 Å². The highest BCUT2D eigenvalue weighted by atomic mass is 16.1. The second-order valence-corrected chi connectivity index (χ2v) is 9.29. The Labute approximate surface area is 177 Å². The molecule has 1 aromatic rings. The highest BCUT2D eigenvalue weighted by Crippen LogP contribution is 2.37. The van der Waals surface area contributed by atoms with Crippen molar-refractivity contribution in [2.75, 3.05) is 25.0 Å². The molecule has 5 nitrogen and oxygen atoms in total. The molecule has 5 heteroatoms. The Morgan fingerprint density at radius 3 is 2.28 bits per heavy atom. The minimum absolute atomic E-state index is 0.199. The average Bonchev–Trinajstić information content (AvgIpc) is 2.77. The Kier molecular flexibility index (Phi) is 7.66. The summed E-state index contributed by atoms with van der Waals surface area (Å²) in [5.41, 5.74) is 0. The first-order valence-corrected chi connectivity index (χ1v) is 11.8. The molecule has 1 saturated carbocycles. The molecule has 1 aromatic heterocycles. The highest BCUT2D eigenvalue weighted by Gasteiger charge is 2.34. The third kappa shape index (κ3) is 4.99. The van der Waals surface area contributed by atoms with Crippen molar-refractivity contribution >= 4 is 11.6 Å². The van der Waals surface area contributed by atoms with Crippen LogP contribution in [-0.4, -0.2) is 52.9 Å². The molecular formula is C24H40N4O. The second-order valence-electron chi connectivity index (χ2n) is 9.29. The van der Waals surface area contributed by atoms with Gasteiger partial charge in [0.1, 0.15) is 17.4 Å². The van der Waals surface area contributed by atoms with Crippen molar-refractivity contribution < 1.29 is 4.79 Å². The normalized spacial score (nSPS) is 29.6. The molecule has 1 aliphatic carbocycles. The van der Waals surface area contributed by atoms with Gasteiger partial charge in [-0.15, -0.1) is 0 Å². The molecule has 2 fully saturated rings. The summed E-state index contributed by atoms with van der Waals surface area (Å²) in [4.78, 5) is 27.3. The molecule has 2 heterocycles. The predicted octanol–water partition coefficient (Wildman–Crippen LogP) is 4.67. The van der Waals surface area contributed by atoms with Gasteiger partial charge >= 0.3 is 0 Å². The van der Waals surface area contributed by atoms with E-state index < -0.39 is 0 Å². The lowest BCUT2D eigenvalue weighted by molar-refractivity contribution is -0.127. The molecule has 3 atom stereocenters. The van der Waals surface area contributed by atoms with Gasteiger partial charge in [-0.3, -0.25) is 4.79 Å². The molecule has 0 amide bonds. The summed E-state index contributed by atoms with van der Waals surface area (Å²) < 4.78 is 0. The third-order valence-corrected chi connectivity index (χ3v) is 7.29. The molecule has 1 aliphatic heterocycles. The number of nitrogens with zero attached hydrogens (tertiary/aromatic N) is 4. The quantitative estimate of drug-likeness (QED) is 0.665. The number of rotatable bonds is 7. The lowest BCUT2D eigenvalue weighted by Crippen LogP contribution is -2.57. The van der Waals surface area contributed by atoms with E-state index in [0.717, 1.165) is 69.7 Å². The van der Waals surface area contributed by atoms with Crippen LogP contribution in [0.25, 0.3) is 0 Å². The van der Waals surface area contributed by atoms with Gasteiger partial charge in [-0.1, -0.05) is 27.7 Å². The van der Waals surface area contributed by atoms with Crippen LogP contribution in [0.3, 0.4) is 0 Å². The van der Waals surface area contributed by atoms with E-state index >= 15 is 0 Å². The summed E-state index contributed by atoms with van der Waals surface area (Å²) >= 11 is 0. The summed E-state index contributed by atoms with van der Waals surface area (Å²) in [7, 11) is 2.23. The molecule has 0 bridgehead atoms. The van der Waals surface area contributed by atoms with E-state index in [1.807, 2.05) is 6.20 Å². The van der Waals surface area contributed by atoms with Crippen LogP contribution < -0.4 is 4.90 Å². The SMILES string of the molecule is CCC(C)C(=O)[C@H]1CC[C@H](c2nccc(N3C(CC)CN(C)CC3CC)n2)CC1. The molecule has 3 rings (SSSR count). The fraction of sp³-hybridized carbons (Fsp3) is 0.792. The Hall–Kier alpha value is -1.49. The van der Waals surface area contributed by atoms with Crippen molar-refractivity contribution in [1.82, 2.24) is 14.9 Å².